The number of carbonyl (C=O) groups excluding carboxylic acids is 1. The van der Waals surface area contributed by atoms with E-state index in [-0.39, 0.29) is 72.7 Å². The molecule has 0 aromatic heterocycles. The number of nitrogens with one attached hydrogen (secondary N) is 2. The Labute approximate surface area is 456 Å². The second-order valence-electron chi connectivity index (χ2n) is 25.7. The van der Waals surface area contributed by atoms with Crippen molar-refractivity contribution in [1.82, 2.24) is 10.8 Å². The molecule has 7 unspecified atom stereocenters. The minimum absolute atomic E-state index is 0.00264. The molecule has 1 amide bonds. The van der Waals surface area contributed by atoms with Crippen molar-refractivity contribution in [2.45, 2.75) is 281 Å². The number of hydrogen-bond donors (Lipinski definition) is 4. The number of hydroxylamine groups is 1. The Morgan fingerprint density at radius 2 is 1.04 bits per heavy atom. The lowest BCUT2D eigenvalue weighted by atomic mass is 9.60. The molecule has 8 aliphatic rings. The topological polar surface area (TPSA) is 199 Å². The summed E-state index contributed by atoms with van der Waals surface area (Å²) in [5.41, 5.74) is 3.65. The third kappa shape index (κ3) is 18.5. The van der Waals surface area contributed by atoms with E-state index in [2.05, 4.69) is 43.4 Å². The summed E-state index contributed by atoms with van der Waals surface area (Å²) in [5, 5.41) is 22.7. The molecule has 0 aromatic carbocycles. The van der Waals surface area contributed by atoms with E-state index in [1.807, 2.05) is 0 Å². The zero-order chi connectivity index (χ0) is 52.7. The van der Waals surface area contributed by atoms with Gasteiger partial charge in [-0.05, 0) is 234 Å². The molecule has 0 heterocycles. The Kier molecular flexibility index (Phi) is 24.2. The van der Waals surface area contributed by atoms with Crippen LogP contribution in [0, 0.1) is 52.8 Å². The van der Waals surface area contributed by atoms with E-state index >= 15 is 0 Å². The van der Waals surface area contributed by atoms with Crippen molar-refractivity contribution >= 4 is 35.6 Å². The third-order valence-electron chi connectivity index (χ3n) is 20.0. The van der Waals surface area contributed by atoms with Crippen LogP contribution in [0.5, 0.6) is 0 Å². The van der Waals surface area contributed by atoms with Crippen LogP contribution in [0.2, 0.25) is 0 Å². The maximum Gasteiger partial charge on any atom is 0.307 e. The standard InChI is InChI=1S/C57H98N2O14S2/c1-37-5-18-49(19-6-37)69-73-74-70-51-31-32-53(54(34-51)56(61)62)55(60)58-43-14-27-47(28-15-43)67-45-23-10-41(11-24-45)57(3,4)42-12-25-46(26-13-42)68-48-29-16-44(17-30-48)59-65-35-39-9-22-52(33-40(39)36-66-63)72-75(64)71-50-20-7-38(2)8-21-50/h37-54,59,63H,5-36H2,1-4H3,(H,58,60)(H,61,62). The molecular weight excluding hydrogens is 1000 g/mol. The van der Waals surface area contributed by atoms with Gasteiger partial charge < -0.3 is 24.7 Å². The molecule has 8 saturated carbocycles. The molecule has 75 heavy (non-hydrogen) atoms. The average molecular weight is 1100 g/mol. The number of carboxylic acid groups (broad SMARTS) is 1. The minimum Gasteiger partial charge on any atom is -0.481 e. The molecule has 0 aliphatic heterocycles. The lowest BCUT2D eigenvalue weighted by molar-refractivity contribution is -0.258. The van der Waals surface area contributed by atoms with Crippen molar-refractivity contribution in [2.75, 3.05) is 13.2 Å². The Balaban J connectivity index is 0.647. The van der Waals surface area contributed by atoms with Crippen molar-refractivity contribution in [1.29, 1.82) is 0 Å². The lowest BCUT2D eigenvalue weighted by Gasteiger charge is -2.47. The van der Waals surface area contributed by atoms with Gasteiger partial charge in [-0.1, -0.05) is 27.7 Å². The molecule has 0 radical (unpaired) electrons. The summed E-state index contributed by atoms with van der Waals surface area (Å²) in [4.78, 5) is 42.0. The predicted molar refractivity (Wildman–Crippen MR) is 286 cm³/mol. The molecule has 8 fully saturated rings. The summed E-state index contributed by atoms with van der Waals surface area (Å²) in [6.45, 7) is 10.3. The van der Waals surface area contributed by atoms with E-state index in [0.29, 0.717) is 68.0 Å². The van der Waals surface area contributed by atoms with Gasteiger partial charge in [0.1, 0.15) is 0 Å². The number of amides is 1. The Hall–Kier alpha value is -1.000. The highest BCUT2D eigenvalue weighted by molar-refractivity contribution is 7.89. The molecule has 0 aromatic rings. The van der Waals surface area contributed by atoms with Crippen molar-refractivity contribution in [3.8, 4) is 0 Å². The lowest BCUT2D eigenvalue weighted by Crippen LogP contribution is -2.47. The van der Waals surface area contributed by atoms with Gasteiger partial charge in [0.15, 0.2) is 12.3 Å². The molecule has 7 atom stereocenters. The highest BCUT2D eigenvalue weighted by Crippen LogP contribution is 2.50. The largest absolute Gasteiger partial charge is 0.481 e. The maximum absolute atomic E-state index is 13.5. The normalized spacial score (nSPS) is 39.9. The highest BCUT2D eigenvalue weighted by atomic mass is 32.2. The first-order valence-corrected chi connectivity index (χ1v) is 31.8. The van der Waals surface area contributed by atoms with Gasteiger partial charge in [0.25, 0.3) is 0 Å². The number of aliphatic carboxylic acids is 1. The summed E-state index contributed by atoms with van der Waals surface area (Å²) in [5.74, 6) is 0.634. The SMILES string of the molecule is CC1CCC(OOSOC2CCC(C(=O)NC3CCC(OC4CCC(C(C)(C)C5CCC(OC6CCC(NOCC7CCC(OS(=O)OC8CCC(C)CC8)CC7COO)CC6)CC5)CC4)CC3)C(C(=O)O)C2)CC1. The molecule has 8 aliphatic carbocycles. The molecule has 18 heteroatoms. The van der Waals surface area contributed by atoms with Gasteiger partial charge in [0.05, 0.1) is 73.9 Å². The van der Waals surface area contributed by atoms with Crippen LogP contribution in [0.4, 0.5) is 0 Å². The molecule has 432 valence electrons. The summed E-state index contributed by atoms with van der Waals surface area (Å²) in [6, 6.07) is 0.349. The average Bonchev–Trinajstić information content (AvgIpc) is 3.41. The van der Waals surface area contributed by atoms with Crippen LogP contribution in [0.3, 0.4) is 0 Å². The number of ether oxygens (including phenoxy) is 2. The van der Waals surface area contributed by atoms with Crippen LogP contribution in [-0.4, -0.2) is 101 Å². The van der Waals surface area contributed by atoms with Gasteiger partial charge in [-0.15, -0.1) is 4.33 Å². The maximum atomic E-state index is 13.5. The second kappa shape index (κ2) is 30.2. The first kappa shape index (κ1) is 60.1. The minimum atomic E-state index is -1.77. The number of hydrogen-bond acceptors (Lipinski definition) is 15. The predicted octanol–water partition coefficient (Wildman–Crippen LogP) is 11.9. The van der Waals surface area contributed by atoms with E-state index in [9.17, 15) is 24.2 Å². The van der Waals surface area contributed by atoms with Crippen LogP contribution in [0.25, 0.3) is 0 Å². The molecule has 0 bridgehead atoms. The summed E-state index contributed by atoms with van der Waals surface area (Å²) in [6.07, 6.45) is 29.7. The number of carboxylic acids is 1. The van der Waals surface area contributed by atoms with E-state index in [0.717, 1.165) is 159 Å². The van der Waals surface area contributed by atoms with Crippen LogP contribution in [0.1, 0.15) is 220 Å². The van der Waals surface area contributed by atoms with E-state index in [1.54, 1.807) is 0 Å². The van der Waals surface area contributed by atoms with Crippen molar-refractivity contribution in [3.05, 3.63) is 0 Å². The fourth-order valence-corrected chi connectivity index (χ4v) is 16.1. The highest BCUT2D eigenvalue weighted by Gasteiger charge is 2.44. The fraction of sp³-hybridized carbons (Fsp3) is 0.965. The molecule has 8 rings (SSSR count). The van der Waals surface area contributed by atoms with Gasteiger partial charge in [-0.25, -0.2) is 9.78 Å². The van der Waals surface area contributed by atoms with Gasteiger partial charge in [-0.2, -0.15) is 9.69 Å². The second-order valence-corrected chi connectivity index (χ2v) is 26.9. The third-order valence-corrected chi connectivity index (χ3v) is 21.4. The monoisotopic (exact) mass is 1100 g/mol. The van der Waals surface area contributed by atoms with Gasteiger partial charge >= 0.3 is 17.3 Å². The fourth-order valence-electron chi connectivity index (χ4n) is 14.7. The van der Waals surface area contributed by atoms with Gasteiger partial charge in [0, 0.05) is 12.1 Å². The van der Waals surface area contributed by atoms with E-state index in [4.69, 9.17) is 36.1 Å². The van der Waals surface area contributed by atoms with Gasteiger partial charge in [-0.3, -0.25) is 27.4 Å². The number of rotatable bonds is 24. The van der Waals surface area contributed by atoms with Gasteiger partial charge in [0.2, 0.25) is 5.91 Å². The summed E-state index contributed by atoms with van der Waals surface area (Å²) in [7, 11) is 0. The molecule has 0 saturated heterocycles. The molecule has 0 spiro atoms. The van der Waals surface area contributed by atoms with Crippen molar-refractivity contribution < 1.29 is 65.1 Å². The zero-order valence-electron chi connectivity index (χ0n) is 46.1. The Bertz CT molecular complexity index is 1700. The van der Waals surface area contributed by atoms with Crippen LogP contribution in [-0.2, 0) is 61.9 Å². The molecular formula is C57H98N2O14S2. The van der Waals surface area contributed by atoms with Crippen LogP contribution in [0.15, 0.2) is 0 Å². The van der Waals surface area contributed by atoms with Crippen molar-refractivity contribution in [3.63, 3.8) is 0 Å². The molecule has 16 nitrogen and oxygen atoms in total. The summed E-state index contributed by atoms with van der Waals surface area (Å²) >= 11 is -0.977. The first-order valence-electron chi connectivity index (χ1n) is 30.2. The molecule has 4 N–H and O–H groups in total. The van der Waals surface area contributed by atoms with E-state index < -0.39 is 29.2 Å². The summed E-state index contributed by atoms with van der Waals surface area (Å²) < 4.78 is 48.8. The quantitative estimate of drug-likeness (QED) is 0.0308. The van der Waals surface area contributed by atoms with E-state index in [1.165, 1.54) is 25.7 Å². The van der Waals surface area contributed by atoms with Crippen LogP contribution < -0.4 is 10.8 Å². The Morgan fingerprint density at radius 1 is 0.547 bits per heavy atom. The smallest absolute Gasteiger partial charge is 0.307 e. The zero-order valence-corrected chi connectivity index (χ0v) is 47.8. The Morgan fingerprint density at radius 3 is 1.60 bits per heavy atom. The number of carbonyl (C=O) groups is 2. The van der Waals surface area contributed by atoms with Crippen molar-refractivity contribution in [2.24, 2.45) is 52.8 Å². The van der Waals surface area contributed by atoms with Crippen LogP contribution >= 0.6 is 12.3 Å². The first-order chi connectivity index (χ1) is 36.3.